The lowest BCUT2D eigenvalue weighted by atomic mass is 9.82. The van der Waals surface area contributed by atoms with Crippen LogP contribution in [0, 0.1) is 5.82 Å². The number of rotatable bonds is 12. The number of pyridine rings is 1. The molecule has 1 fully saturated rings. The Morgan fingerprint density at radius 3 is 2.31 bits per heavy atom. The van der Waals surface area contributed by atoms with Gasteiger partial charge >= 0.3 is 12.1 Å². The standard InChI is InChI=1S/C32H34ClF4N3O5/c1-30(2,39-16-28(41)44-5)20-14-24(18-6-10-23(34)22(33)12-18)40-27(15-20)31(3,32(35,36)37)17-38-29(42)19-7-11-25(26(13-19)43-4)45-21-8-9-21/h6-7,10-15,21,39H,8-9,16-17H2,1-5H3,(H,38,42). The van der Waals surface area contributed by atoms with Crippen molar-refractivity contribution in [3.8, 4) is 22.8 Å². The number of esters is 1. The molecule has 13 heteroatoms. The average molecular weight is 652 g/mol. The molecule has 2 N–H and O–H groups in total. The van der Waals surface area contributed by atoms with E-state index >= 15 is 0 Å². The summed E-state index contributed by atoms with van der Waals surface area (Å²) in [7, 11) is 2.62. The predicted molar refractivity (Wildman–Crippen MR) is 160 cm³/mol. The van der Waals surface area contributed by atoms with E-state index in [9.17, 15) is 27.2 Å². The Bertz CT molecular complexity index is 1580. The maximum Gasteiger partial charge on any atom is 0.401 e. The van der Waals surface area contributed by atoms with Crippen LogP contribution in [-0.2, 0) is 20.5 Å². The highest BCUT2D eigenvalue weighted by Gasteiger charge is 2.54. The van der Waals surface area contributed by atoms with Crippen LogP contribution in [0.25, 0.3) is 11.3 Å². The highest BCUT2D eigenvalue weighted by Crippen LogP contribution is 2.42. The Morgan fingerprint density at radius 1 is 1.00 bits per heavy atom. The molecule has 1 unspecified atom stereocenters. The van der Waals surface area contributed by atoms with Crippen molar-refractivity contribution in [1.29, 1.82) is 0 Å². The van der Waals surface area contributed by atoms with Crippen molar-refractivity contribution in [3.05, 3.63) is 76.2 Å². The molecular weight excluding hydrogens is 618 g/mol. The first kappa shape index (κ1) is 34.0. The van der Waals surface area contributed by atoms with E-state index in [0.717, 1.165) is 25.8 Å². The molecule has 1 heterocycles. The van der Waals surface area contributed by atoms with Crippen LogP contribution in [0.15, 0.2) is 48.5 Å². The normalized spacial score (nSPS) is 14.8. The minimum absolute atomic E-state index is 0.0748. The summed E-state index contributed by atoms with van der Waals surface area (Å²) < 4.78 is 74.6. The Balaban J connectivity index is 1.73. The minimum atomic E-state index is -4.88. The number of benzene rings is 2. The van der Waals surface area contributed by atoms with Crippen LogP contribution in [0.1, 0.15) is 55.2 Å². The summed E-state index contributed by atoms with van der Waals surface area (Å²) in [6.45, 7) is 3.19. The summed E-state index contributed by atoms with van der Waals surface area (Å²) in [5.41, 5.74) is -3.39. The number of nitrogens with one attached hydrogen (secondary N) is 2. The first-order valence-corrected chi connectivity index (χ1v) is 14.5. The van der Waals surface area contributed by atoms with E-state index in [1.165, 1.54) is 50.6 Å². The van der Waals surface area contributed by atoms with E-state index in [4.69, 9.17) is 21.1 Å². The molecule has 0 spiro atoms. The van der Waals surface area contributed by atoms with Crippen molar-refractivity contribution < 1.29 is 41.4 Å². The topological polar surface area (TPSA) is 98.8 Å². The van der Waals surface area contributed by atoms with Crippen molar-refractivity contribution in [2.24, 2.45) is 0 Å². The van der Waals surface area contributed by atoms with E-state index in [-0.39, 0.29) is 40.2 Å². The maximum absolute atomic E-state index is 14.9. The van der Waals surface area contributed by atoms with Gasteiger partial charge in [-0.25, -0.2) is 4.39 Å². The molecule has 1 aromatic heterocycles. The van der Waals surface area contributed by atoms with Crippen molar-refractivity contribution in [3.63, 3.8) is 0 Å². The summed E-state index contributed by atoms with van der Waals surface area (Å²) in [6.07, 6.45) is -2.99. The van der Waals surface area contributed by atoms with E-state index < -0.39 is 47.1 Å². The second-order valence-corrected chi connectivity index (χ2v) is 11.9. The van der Waals surface area contributed by atoms with Crippen LogP contribution in [0.5, 0.6) is 11.5 Å². The van der Waals surface area contributed by atoms with Gasteiger partial charge in [0.1, 0.15) is 11.2 Å². The number of halogens is 5. The predicted octanol–water partition coefficient (Wildman–Crippen LogP) is 6.34. The average Bonchev–Trinajstić information content (AvgIpc) is 3.83. The monoisotopic (exact) mass is 651 g/mol. The Kier molecular flexibility index (Phi) is 9.98. The highest BCUT2D eigenvalue weighted by molar-refractivity contribution is 6.31. The number of hydrogen-bond donors (Lipinski definition) is 2. The molecule has 242 valence electrons. The van der Waals surface area contributed by atoms with Gasteiger partial charge in [-0.3, -0.25) is 19.9 Å². The Morgan fingerprint density at radius 2 is 1.71 bits per heavy atom. The van der Waals surface area contributed by atoms with E-state index in [0.29, 0.717) is 11.3 Å². The van der Waals surface area contributed by atoms with Crippen LogP contribution in [0.2, 0.25) is 5.02 Å². The number of amides is 1. The SMILES string of the molecule is COC(=O)CNC(C)(C)c1cc(-c2ccc(F)c(Cl)c2)nc(C(C)(CNC(=O)c2ccc(OC3CC3)c(OC)c2)C(F)(F)F)c1. The Labute approximate surface area is 263 Å². The van der Waals surface area contributed by atoms with E-state index in [2.05, 4.69) is 20.4 Å². The molecule has 0 saturated heterocycles. The van der Waals surface area contributed by atoms with Crippen molar-refractivity contribution in [2.45, 2.75) is 56.8 Å². The zero-order valence-electron chi connectivity index (χ0n) is 25.4. The van der Waals surface area contributed by atoms with Crippen LogP contribution in [0.3, 0.4) is 0 Å². The van der Waals surface area contributed by atoms with Crippen molar-refractivity contribution in [2.75, 3.05) is 27.3 Å². The Hall–Kier alpha value is -3.90. The smallest absolute Gasteiger partial charge is 0.401 e. The second-order valence-electron chi connectivity index (χ2n) is 11.5. The fourth-order valence-corrected chi connectivity index (χ4v) is 4.59. The molecule has 2 aromatic carbocycles. The fraction of sp³-hybridized carbons (Fsp3) is 0.406. The number of carbonyl (C=O) groups excluding carboxylic acids is 2. The number of aromatic nitrogens is 1. The third-order valence-electron chi connectivity index (χ3n) is 7.70. The van der Waals surface area contributed by atoms with Crippen LogP contribution < -0.4 is 20.1 Å². The van der Waals surface area contributed by atoms with E-state index in [1.54, 1.807) is 19.9 Å². The maximum atomic E-state index is 14.9. The molecule has 45 heavy (non-hydrogen) atoms. The molecule has 1 aliphatic rings. The van der Waals surface area contributed by atoms with Crippen LogP contribution in [-0.4, -0.2) is 56.4 Å². The lowest BCUT2D eigenvalue weighted by Crippen LogP contribution is -2.50. The third-order valence-corrected chi connectivity index (χ3v) is 7.99. The molecule has 1 aliphatic carbocycles. The van der Waals surface area contributed by atoms with Gasteiger partial charge < -0.3 is 19.5 Å². The molecule has 0 radical (unpaired) electrons. The summed E-state index contributed by atoms with van der Waals surface area (Å²) in [5, 5.41) is 5.15. The number of methoxy groups -OCH3 is 2. The first-order chi connectivity index (χ1) is 21.1. The lowest BCUT2D eigenvalue weighted by Gasteiger charge is -2.34. The molecular formula is C32H34ClF4N3O5. The lowest BCUT2D eigenvalue weighted by molar-refractivity contribution is -0.184. The number of ether oxygens (including phenoxy) is 3. The molecule has 0 bridgehead atoms. The van der Waals surface area contributed by atoms with Gasteiger partial charge in [-0.15, -0.1) is 0 Å². The quantitative estimate of drug-likeness (QED) is 0.174. The van der Waals surface area contributed by atoms with Crippen LogP contribution >= 0.6 is 11.6 Å². The van der Waals surface area contributed by atoms with Crippen molar-refractivity contribution >= 4 is 23.5 Å². The number of alkyl halides is 3. The van der Waals surface area contributed by atoms with Gasteiger partial charge in [-0.2, -0.15) is 13.2 Å². The summed E-state index contributed by atoms with van der Waals surface area (Å²) in [4.78, 5) is 29.3. The molecule has 8 nitrogen and oxygen atoms in total. The van der Waals surface area contributed by atoms with Crippen LogP contribution in [0.4, 0.5) is 17.6 Å². The number of hydrogen-bond acceptors (Lipinski definition) is 7. The molecule has 1 saturated carbocycles. The van der Waals surface area contributed by atoms with Gasteiger partial charge in [-0.1, -0.05) is 11.6 Å². The van der Waals surface area contributed by atoms with Crippen molar-refractivity contribution in [1.82, 2.24) is 15.6 Å². The third kappa shape index (κ3) is 7.85. The summed E-state index contributed by atoms with van der Waals surface area (Å²) in [5.74, 6) is -1.32. The van der Waals surface area contributed by atoms with Gasteiger partial charge in [0.25, 0.3) is 5.91 Å². The van der Waals surface area contributed by atoms with Gasteiger partial charge in [0.2, 0.25) is 0 Å². The van der Waals surface area contributed by atoms with Gasteiger partial charge in [0.15, 0.2) is 11.5 Å². The van der Waals surface area contributed by atoms with E-state index in [1.807, 2.05) is 0 Å². The second kappa shape index (κ2) is 13.2. The molecule has 3 aromatic rings. The molecule has 1 atom stereocenters. The number of carbonyl (C=O) groups is 2. The zero-order valence-corrected chi connectivity index (χ0v) is 26.2. The summed E-state index contributed by atoms with van der Waals surface area (Å²) in [6, 6.07) is 10.9. The highest BCUT2D eigenvalue weighted by atomic mass is 35.5. The minimum Gasteiger partial charge on any atom is -0.493 e. The number of nitrogens with zero attached hydrogens (tertiary/aromatic N) is 1. The molecule has 1 amide bonds. The zero-order chi connectivity index (χ0) is 33.2. The van der Waals surface area contributed by atoms with Gasteiger partial charge in [0.05, 0.1) is 43.3 Å². The van der Waals surface area contributed by atoms with Gasteiger partial charge in [0, 0.05) is 23.2 Å². The summed E-state index contributed by atoms with van der Waals surface area (Å²) >= 11 is 5.99. The largest absolute Gasteiger partial charge is 0.493 e. The molecule has 4 rings (SSSR count). The fourth-order valence-electron chi connectivity index (χ4n) is 4.41. The first-order valence-electron chi connectivity index (χ1n) is 14.1. The van der Waals surface area contributed by atoms with Gasteiger partial charge in [-0.05, 0) is 87.7 Å². The molecule has 0 aliphatic heterocycles.